The monoisotopic (exact) mass is 315 g/mol. The highest BCUT2D eigenvalue weighted by molar-refractivity contribution is 9.10. The maximum atomic E-state index is 11.6. The van der Waals surface area contributed by atoms with Gasteiger partial charge in [-0.15, -0.1) is 11.6 Å². The van der Waals surface area contributed by atoms with E-state index < -0.39 is 0 Å². The molecule has 0 aliphatic carbocycles. The lowest BCUT2D eigenvalue weighted by Crippen LogP contribution is -2.25. The smallest absolute Gasteiger partial charge is 0.223 e. The van der Waals surface area contributed by atoms with Crippen molar-refractivity contribution in [2.75, 3.05) is 17.3 Å². The molecule has 0 aromatic heterocycles. The van der Waals surface area contributed by atoms with E-state index in [-0.39, 0.29) is 17.6 Å². The molecule has 0 N–H and O–H groups in total. The van der Waals surface area contributed by atoms with Gasteiger partial charge in [0.1, 0.15) is 0 Å². The second-order valence-corrected chi connectivity index (χ2v) is 5.06. The van der Waals surface area contributed by atoms with E-state index in [9.17, 15) is 9.59 Å². The van der Waals surface area contributed by atoms with Gasteiger partial charge < -0.3 is 4.90 Å². The van der Waals surface area contributed by atoms with Crippen molar-refractivity contribution in [3.05, 3.63) is 27.7 Å². The number of benzene rings is 1. The van der Waals surface area contributed by atoms with Crippen LogP contribution in [0, 0.1) is 0 Å². The molecule has 0 atom stereocenters. The average Bonchev–Trinajstić information content (AvgIpc) is 2.69. The van der Waals surface area contributed by atoms with Crippen LogP contribution in [0.1, 0.15) is 22.8 Å². The Morgan fingerprint density at radius 1 is 1.47 bits per heavy atom. The van der Waals surface area contributed by atoms with Crippen LogP contribution in [-0.4, -0.2) is 24.1 Å². The van der Waals surface area contributed by atoms with Gasteiger partial charge in [-0.25, -0.2) is 0 Å². The first kappa shape index (κ1) is 12.6. The second-order valence-electron chi connectivity index (χ2n) is 3.94. The van der Waals surface area contributed by atoms with Gasteiger partial charge in [0, 0.05) is 29.2 Å². The van der Waals surface area contributed by atoms with Crippen LogP contribution in [0.4, 0.5) is 5.69 Å². The number of hydrogen-bond acceptors (Lipinski definition) is 2. The highest BCUT2D eigenvalue weighted by Gasteiger charge is 2.24. The summed E-state index contributed by atoms with van der Waals surface area (Å²) in [5, 5.41) is 0. The molecule has 0 radical (unpaired) electrons. The van der Waals surface area contributed by atoms with Gasteiger partial charge in [0.25, 0.3) is 0 Å². The molecular weight excluding hydrogens is 305 g/mol. The van der Waals surface area contributed by atoms with Gasteiger partial charge in [-0.1, -0.05) is 15.9 Å². The zero-order valence-corrected chi connectivity index (χ0v) is 11.6. The molecule has 1 amide bonds. The van der Waals surface area contributed by atoms with Crippen molar-refractivity contribution in [1.29, 1.82) is 0 Å². The SMILES string of the molecule is CC(=O)N1CCc2cc(Br)c(C(=O)CCl)cc21. The first-order chi connectivity index (χ1) is 8.04. The molecule has 1 aromatic rings. The molecular formula is C12H11BrClNO2. The fraction of sp³-hybridized carbons (Fsp3) is 0.333. The van der Waals surface area contributed by atoms with Crippen LogP contribution in [0.25, 0.3) is 0 Å². The van der Waals surface area contributed by atoms with E-state index in [2.05, 4.69) is 15.9 Å². The predicted molar refractivity (Wildman–Crippen MR) is 70.9 cm³/mol. The van der Waals surface area contributed by atoms with Gasteiger partial charge in [-0.3, -0.25) is 9.59 Å². The summed E-state index contributed by atoms with van der Waals surface area (Å²) in [6, 6.07) is 3.65. The minimum Gasteiger partial charge on any atom is -0.312 e. The first-order valence-corrected chi connectivity index (χ1v) is 6.57. The molecule has 0 bridgehead atoms. The van der Waals surface area contributed by atoms with E-state index in [4.69, 9.17) is 11.6 Å². The Hall–Kier alpha value is -0.870. The summed E-state index contributed by atoms with van der Waals surface area (Å²) in [4.78, 5) is 24.8. The van der Waals surface area contributed by atoms with Crippen LogP contribution in [0.3, 0.4) is 0 Å². The highest BCUT2D eigenvalue weighted by atomic mass is 79.9. The number of carbonyl (C=O) groups is 2. The maximum absolute atomic E-state index is 11.6. The number of amides is 1. The number of alkyl halides is 1. The standard InChI is InChI=1S/C12H11BrClNO2/c1-7(16)15-3-2-8-4-10(13)9(5-11(8)15)12(17)6-14/h4-5H,2-3,6H2,1H3. The van der Waals surface area contributed by atoms with Crippen molar-refractivity contribution < 1.29 is 9.59 Å². The van der Waals surface area contributed by atoms with Gasteiger partial charge in [0.2, 0.25) is 5.91 Å². The number of halogens is 2. The van der Waals surface area contributed by atoms with Gasteiger partial charge in [0.15, 0.2) is 5.78 Å². The summed E-state index contributed by atoms with van der Waals surface area (Å²) in [5.41, 5.74) is 2.44. The van der Waals surface area contributed by atoms with E-state index in [1.807, 2.05) is 6.07 Å². The van der Waals surface area contributed by atoms with E-state index in [0.717, 1.165) is 22.1 Å². The fourth-order valence-corrected chi connectivity index (χ4v) is 2.78. The summed E-state index contributed by atoms with van der Waals surface area (Å²) in [6.07, 6.45) is 0.822. The van der Waals surface area contributed by atoms with E-state index in [0.29, 0.717) is 12.1 Å². The number of carbonyl (C=O) groups excluding carboxylic acids is 2. The second kappa shape index (κ2) is 4.78. The third-order valence-electron chi connectivity index (χ3n) is 2.87. The van der Waals surface area contributed by atoms with Crippen molar-refractivity contribution in [1.82, 2.24) is 0 Å². The fourth-order valence-electron chi connectivity index (χ4n) is 2.02. The van der Waals surface area contributed by atoms with Crippen LogP contribution < -0.4 is 4.90 Å². The molecule has 1 aliphatic rings. The average molecular weight is 317 g/mol. The Kier molecular flexibility index (Phi) is 3.54. The van der Waals surface area contributed by atoms with Crippen LogP contribution in [-0.2, 0) is 11.2 Å². The Bertz CT molecular complexity index is 502. The predicted octanol–water partition coefficient (Wildman–Crippen LogP) is 2.78. The summed E-state index contributed by atoms with van der Waals surface area (Å²) >= 11 is 8.92. The third kappa shape index (κ3) is 2.24. The molecule has 17 heavy (non-hydrogen) atoms. The molecule has 1 aromatic carbocycles. The molecule has 1 heterocycles. The van der Waals surface area contributed by atoms with Crippen molar-refractivity contribution in [2.24, 2.45) is 0 Å². The van der Waals surface area contributed by atoms with Crippen LogP contribution in [0.5, 0.6) is 0 Å². The number of rotatable bonds is 2. The molecule has 0 spiro atoms. The third-order valence-corrected chi connectivity index (χ3v) is 3.76. The van der Waals surface area contributed by atoms with E-state index >= 15 is 0 Å². The lowest BCUT2D eigenvalue weighted by molar-refractivity contribution is -0.116. The highest BCUT2D eigenvalue weighted by Crippen LogP contribution is 2.33. The largest absolute Gasteiger partial charge is 0.312 e. The quantitative estimate of drug-likeness (QED) is 0.621. The minimum absolute atomic E-state index is 0.00431. The number of nitrogens with zero attached hydrogens (tertiary/aromatic N) is 1. The normalized spacial score (nSPS) is 13.7. The molecule has 2 rings (SSSR count). The number of anilines is 1. The number of fused-ring (bicyclic) bond motifs is 1. The lowest BCUT2D eigenvalue weighted by Gasteiger charge is -2.15. The topological polar surface area (TPSA) is 37.4 Å². The van der Waals surface area contributed by atoms with Crippen molar-refractivity contribution in [2.45, 2.75) is 13.3 Å². The van der Waals surface area contributed by atoms with E-state index in [1.54, 1.807) is 11.0 Å². The van der Waals surface area contributed by atoms with E-state index in [1.165, 1.54) is 6.92 Å². The lowest BCUT2D eigenvalue weighted by atomic mass is 10.1. The van der Waals surface area contributed by atoms with Gasteiger partial charge in [-0.2, -0.15) is 0 Å². The van der Waals surface area contributed by atoms with Crippen LogP contribution in [0.15, 0.2) is 16.6 Å². The van der Waals surface area contributed by atoms with Crippen LogP contribution in [0.2, 0.25) is 0 Å². The summed E-state index contributed by atoms with van der Waals surface area (Å²) in [6.45, 7) is 2.20. The molecule has 90 valence electrons. The van der Waals surface area contributed by atoms with Crippen molar-refractivity contribution in [3.63, 3.8) is 0 Å². The number of Topliss-reactive ketones (excluding diaryl/α,β-unsaturated/α-hetero) is 1. The molecule has 3 nitrogen and oxygen atoms in total. The van der Waals surface area contributed by atoms with Crippen LogP contribution >= 0.6 is 27.5 Å². The van der Waals surface area contributed by atoms with Crippen molar-refractivity contribution >= 4 is 44.9 Å². The Balaban J connectivity index is 2.50. The molecule has 5 heteroatoms. The number of hydrogen-bond donors (Lipinski definition) is 0. The molecule has 0 unspecified atom stereocenters. The first-order valence-electron chi connectivity index (χ1n) is 5.24. The molecule has 1 aliphatic heterocycles. The van der Waals surface area contributed by atoms with Gasteiger partial charge in [-0.05, 0) is 24.1 Å². The zero-order valence-electron chi connectivity index (χ0n) is 9.30. The van der Waals surface area contributed by atoms with Crippen molar-refractivity contribution in [3.8, 4) is 0 Å². The summed E-state index contributed by atoms with van der Waals surface area (Å²) < 4.78 is 0.743. The molecule has 0 saturated heterocycles. The van der Waals surface area contributed by atoms with Gasteiger partial charge >= 0.3 is 0 Å². The zero-order chi connectivity index (χ0) is 12.6. The molecule has 0 fully saturated rings. The summed E-state index contributed by atoms with van der Waals surface area (Å²) in [5.74, 6) is -0.204. The maximum Gasteiger partial charge on any atom is 0.223 e. The Morgan fingerprint density at radius 2 is 2.18 bits per heavy atom. The van der Waals surface area contributed by atoms with Gasteiger partial charge in [0.05, 0.1) is 5.88 Å². The summed E-state index contributed by atoms with van der Waals surface area (Å²) in [7, 11) is 0. The Labute approximate surface area is 113 Å². The molecule has 0 saturated carbocycles. The minimum atomic E-state index is -0.142. The number of ketones is 1. The Morgan fingerprint density at radius 3 is 2.76 bits per heavy atom.